The van der Waals surface area contributed by atoms with Gasteiger partial charge in [-0.2, -0.15) is 0 Å². The molecule has 2 nitrogen and oxygen atoms in total. The summed E-state index contributed by atoms with van der Waals surface area (Å²) in [5.74, 6) is 0. The lowest BCUT2D eigenvalue weighted by Gasteiger charge is -2.26. The second-order valence-electron chi connectivity index (χ2n) is 20.5. The van der Waals surface area contributed by atoms with E-state index in [9.17, 15) is 0 Å². The molecule has 354 valence electrons. The van der Waals surface area contributed by atoms with E-state index in [-0.39, 0.29) is 5.41 Å². The molecule has 0 radical (unpaired) electrons. The van der Waals surface area contributed by atoms with E-state index in [1.54, 1.807) is 0 Å². The van der Waals surface area contributed by atoms with Crippen LogP contribution in [0.4, 0.5) is 17.1 Å². The van der Waals surface area contributed by atoms with Crippen molar-refractivity contribution in [1.82, 2.24) is 4.57 Å². The number of benzene rings is 12. The van der Waals surface area contributed by atoms with Gasteiger partial charge in [0.05, 0.1) is 11.0 Å². The molecule has 1 aliphatic rings. The highest BCUT2D eigenvalue weighted by Crippen LogP contribution is 2.50. The molecule has 0 saturated carbocycles. The van der Waals surface area contributed by atoms with Crippen LogP contribution in [0.25, 0.3) is 105 Å². The lowest BCUT2D eigenvalue weighted by Crippen LogP contribution is -2.15. The van der Waals surface area contributed by atoms with Crippen LogP contribution in [0.2, 0.25) is 0 Å². The molecule has 1 heterocycles. The van der Waals surface area contributed by atoms with Gasteiger partial charge in [0, 0.05) is 38.9 Å². The average molecular weight is 957 g/mol. The number of para-hydroxylation sites is 1. The van der Waals surface area contributed by atoms with Crippen LogP contribution in [0.3, 0.4) is 0 Å². The quantitative estimate of drug-likeness (QED) is 0.140. The van der Waals surface area contributed by atoms with E-state index in [4.69, 9.17) is 0 Å². The lowest BCUT2D eigenvalue weighted by molar-refractivity contribution is 0.660. The summed E-state index contributed by atoms with van der Waals surface area (Å²) in [6.07, 6.45) is 0. The van der Waals surface area contributed by atoms with Gasteiger partial charge in [0.25, 0.3) is 0 Å². The van der Waals surface area contributed by atoms with Crippen LogP contribution in [0, 0.1) is 0 Å². The summed E-state index contributed by atoms with van der Waals surface area (Å²) in [6.45, 7) is 4.72. The highest BCUT2D eigenvalue weighted by atomic mass is 15.1. The van der Waals surface area contributed by atoms with E-state index in [1.165, 1.54) is 105 Å². The molecular formula is C73H52N2. The Kier molecular flexibility index (Phi) is 10.6. The topological polar surface area (TPSA) is 8.17 Å². The molecular weight excluding hydrogens is 905 g/mol. The minimum absolute atomic E-state index is 0.0916. The van der Waals surface area contributed by atoms with E-state index in [0.29, 0.717) is 0 Å². The second-order valence-corrected chi connectivity index (χ2v) is 20.5. The molecule has 1 aliphatic carbocycles. The van der Waals surface area contributed by atoms with E-state index >= 15 is 0 Å². The van der Waals surface area contributed by atoms with Gasteiger partial charge in [-0.05, 0) is 155 Å². The van der Waals surface area contributed by atoms with Gasteiger partial charge < -0.3 is 9.47 Å². The molecule has 0 aliphatic heterocycles. The fraction of sp³-hybridized carbons (Fsp3) is 0.0411. The molecule has 0 unspecified atom stereocenters. The Labute approximate surface area is 438 Å². The number of anilines is 3. The predicted octanol–water partition coefficient (Wildman–Crippen LogP) is 20.0. The lowest BCUT2D eigenvalue weighted by atomic mass is 9.82. The van der Waals surface area contributed by atoms with Gasteiger partial charge in [0.1, 0.15) is 0 Å². The Bertz CT molecular complexity index is 4290. The summed E-state index contributed by atoms with van der Waals surface area (Å²) in [7, 11) is 0. The SMILES string of the molecule is CC1(C)c2ccccc2-c2ccc(-n3c4ccccc4c4c(-c5cccc(-c6cccc(N(c7ccc(-c8ccccc8)cc7)c7ccc(-c8ccc(-c9cccc%10ccccc9%10)cc8)cc7)c6)c5)cccc43)cc21. The third kappa shape index (κ3) is 7.56. The van der Waals surface area contributed by atoms with Crippen molar-refractivity contribution >= 4 is 49.6 Å². The van der Waals surface area contributed by atoms with Crippen LogP contribution >= 0.6 is 0 Å². The summed E-state index contributed by atoms with van der Waals surface area (Å²) < 4.78 is 2.47. The fourth-order valence-corrected chi connectivity index (χ4v) is 12.1. The zero-order chi connectivity index (χ0) is 50.0. The van der Waals surface area contributed by atoms with Crippen molar-refractivity contribution in [2.24, 2.45) is 0 Å². The van der Waals surface area contributed by atoms with Crippen LogP contribution in [0.15, 0.2) is 279 Å². The molecule has 13 aromatic rings. The van der Waals surface area contributed by atoms with E-state index in [1.807, 2.05) is 0 Å². The van der Waals surface area contributed by atoms with Gasteiger partial charge in [-0.1, -0.05) is 226 Å². The Balaban J connectivity index is 0.826. The van der Waals surface area contributed by atoms with Crippen molar-refractivity contribution in [3.8, 4) is 72.4 Å². The highest BCUT2D eigenvalue weighted by Gasteiger charge is 2.35. The predicted molar refractivity (Wildman–Crippen MR) is 318 cm³/mol. The fourth-order valence-electron chi connectivity index (χ4n) is 12.1. The largest absolute Gasteiger partial charge is 0.310 e. The number of hydrogen-bond donors (Lipinski definition) is 0. The van der Waals surface area contributed by atoms with E-state index < -0.39 is 0 Å². The first-order valence-corrected chi connectivity index (χ1v) is 26.1. The van der Waals surface area contributed by atoms with Crippen molar-refractivity contribution in [2.45, 2.75) is 19.3 Å². The minimum atomic E-state index is -0.0916. The number of hydrogen-bond acceptors (Lipinski definition) is 1. The van der Waals surface area contributed by atoms with Crippen LogP contribution in [0.1, 0.15) is 25.0 Å². The Morgan fingerprint density at radius 1 is 0.293 bits per heavy atom. The Morgan fingerprint density at radius 3 is 1.57 bits per heavy atom. The monoisotopic (exact) mass is 956 g/mol. The first kappa shape index (κ1) is 44.2. The Hall–Kier alpha value is -9.50. The molecule has 0 bridgehead atoms. The van der Waals surface area contributed by atoms with Crippen molar-refractivity contribution in [2.75, 3.05) is 4.90 Å². The maximum atomic E-state index is 2.47. The summed E-state index contributed by atoms with van der Waals surface area (Å²) in [5.41, 5.74) is 24.1. The van der Waals surface area contributed by atoms with Crippen LogP contribution in [-0.2, 0) is 5.41 Å². The molecule has 0 atom stereocenters. The first-order chi connectivity index (χ1) is 36.9. The first-order valence-electron chi connectivity index (χ1n) is 26.1. The van der Waals surface area contributed by atoms with Gasteiger partial charge in [-0.25, -0.2) is 0 Å². The summed E-state index contributed by atoms with van der Waals surface area (Å²) >= 11 is 0. The van der Waals surface area contributed by atoms with Crippen LogP contribution in [-0.4, -0.2) is 4.57 Å². The standard InChI is InChI=1S/C73H52N2/c1-73(2)68-29-10-8-25-65(68)66-45-44-61(48-69(66)73)75-70-30-11-9-26-67(70)72-64(28-15-31-71(72)75)57-22-12-20-55(46-57)56-21-13-23-60(47-56)74(58-40-36-51(37-41-58)49-16-4-3-5-17-49)59-42-38-52(39-43-59)50-32-34-54(35-33-50)63-27-14-19-53-18-6-7-24-62(53)63/h3-48H,1-2H3. The summed E-state index contributed by atoms with van der Waals surface area (Å²) in [4.78, 5) is 2.38. The highest BCUT2D eigenvalue weighted by molar-refractivity contribution is 6.16. The molecule has 2 heteroatoms. The molecule has 1 aromatic heterocycles. The summed E-state index contributed by atoms with van der Waals surface area (Å²) in [5, 5.41) is 5.03. The number of fused-ring (bicyclic) bond motifs is 7. The molecule has 0 spiro atoms. The van der Waals surface area contributed by atoms with Crippen molar-refractivity contribution in [3.05, 3.63) is 290 Å². The van der Waals surface area contributed by atoms with Gasteiger partial charge >= 0.3 is 0 Å². The Morgan fingerprint density at radius 2 is 0.800 bits per heavy atom. The van der Waals surface area contributed by atoms with Crippen molar-refractivity contribution in [3.63, 3.8) is 0 Å². The molecule has 0 N–H and O–H groups in total. The van der Waals surface area contributed by atoms with Gasteiger partial charge in [-0.15, -0.1) is 0 Å². The normalized spacial score (nSPS) is 12.5. The maximum Gasteiger partial charge on any atom is 0.0547 e. The average Bonchev–Trinajstić information content (AvgIpc) is 3.99. The van der Waals surface area contributed by atoms with Gasteiger partial charge in [-0.3, -0.25) is 0 Å². The van der Waals surface area contributed by atoms with Crippen molar-refractivity contribution < 1.29 is 0 Å². The van der Waals surface area contributed by atoms with E-state index in [0.717, 1.165) is 28.2 Å². The molecule has 75 heavy (non-hydrogen) atoms. The van der Waals surface area contributed by atoms with Crippen LogP contribution < -0.4 is 4.90 Å². The zero-order valence-electron chi connectivity index (χ0n) is 42.0. The number of rotatable bonds is 9. The molecule has 0 amide bonds. The second kappa shape index (κ2) is 17.9. The van der Waals surface area contributed by atoms with Gasteiger partial charge in [0.15, 0.2) is 0 Å². The minimum Gasteiger partial charge on any atom is -0.310 e. The smallest absolute Gasteiger partial charge is 0.0547 e. The maximum absolute atomic E-state index is 2.47. The van der Waals surface area contributed by atoms with Crippen molar-refractivity contribution in [1.29, 1.82) is 0 Å². The zero-order valence-corrected chi connectivity index (χ0v) is 42.0. The van der Waals surface area contributed by atoms with E-state index in [2.05, 4.69) is 302 Å². The molecule has 14 rings (SSSR count). The third-order valence-electron chi connectivity index (χ3n) is 15.8. The summed E-state index contributed by atoms with van der Waals surface area (Å²) in [6, 6.07) is 103. The number of aromatic nitrogens is 1. The van der Waals surface area contributed by atoms with Gasteiger partial charge in [0.2, 0.25) is 0 Å². The molecule has 0 fully saturated rings. The number of nitrogens with zero attached hydrogens (tertiary/aromatic N) is 2. The third-order valence-corrected chi connectivity index (χ3v) is 15.8. The van der Waals surface area contributed by atoms with Crippen LogP contribution in [0.5, 0.6) is 0 Å². The molecule has 0 saturated heterocycles. The molecule has 12 aromatic carbocycles.